The third kappa shape index (κ3) is 3.23. The van der Waals surface area contributed by atoms with Gasteiger partial charge in [0.2, 0.25) is 0 Å². The molecule has 1 fully saturated rings. The summed E-state index contributed by atoms with van der Waals surface area (Å²) in [4.78, 5) is 11.0. The molecule has 0 aliphatic carbocycles. The maximum Gasteiger partial charge on any atom is 0.335 e. The van der Waals surface area contributed by atoms with Crippen LogP contribution in [0.5, 0.6) is 0 Å². The van der Waals surface area contributed by atoms with E-state index in [4.69, 9.17) is 19.0 Å². The Morgan fingerprint density at radius 1 is 1.15 bits per heavy atom. The molecule has 1 saturated heterocycles. The van der Waals surface area contributed by atoms with Gasteiger partial charge in [-0.1, -0.05) is 6.07 Å². The molecule has 0 bridgehead atoms. The predicted octanol–water partition coefficient (Wildman–Crippen LogP) is -2.04. The molecule has 0 spiro atoms. The third-order valence-electron chi connectivity index (χ3n) is 2.98. The predicted molar refractivity (Wildman–Crippen MR) is 63.5 cm³/mol. The molecule has 1 aliphatic heterocycles. The lowest BCUT2D eigenvalue weighted by Gasteiger charge is -2.39. The Morgan fingerprint density at radius 3 is 2.55 bits per heavy atom. The van der Waals surface area contributed by atoms with E-state index in [2.05, 4.69) is 0 Å². The second-order valence-corrected chi connectivity index (χ2v) is 4.42. The van der Waals surface area contributed by atoms with E-state index in [1.165, 1.54) is 18.2 Å². The van der Waals surface area contributed by atoms with Gasteiger partial charge in [-0.3, -0.25) is 0 Å². The first-order valence-electron chi connectivity index (χ1n) is 6.04. The minimum absolute atomic E-state index is 0.168. The summed E-state index contributed by atoms with van der Waals surface area (Å²) in [6, 6.07) is 4.22. The Kier molecular flexibility index (Phi) is 4.86. The van der Waals surface area contributed by atoms with Gasteiger partial charge in [0.1, 0.15) is 36.8 Å². The quantitative estimate of drug-likeness (QED) is 0.498. The molecule has 0 aromatic carbocycles. The summed E-state index contributed by atoms with van der Waals surface area (Å²) in [5, 5.41) is 37.9. The van der Waals surface area contributed by atoms with Crippen LogP contribution in [0.3, 0.4) is 0 Å². The standard InChI is InChI=1S/C12H16O8/c13-4-7-9(15)10(16)11(17)12(20-7)18-5-6-2-1-3-8(14)19-6/h1-3,7,9-13,15-17H,4-5H2/t7-,9-,10+,11-,12-/m1/s1. The molecule has 0 radical (unpaired) electrons. The lowest BCUT2D eigenvalue weighted by Crippen LogP contribution is -2.59. The van der Waals surface area contributed by atoms with Gasteiger partial charge in [0.25, 0.3) is 0 Å². The van der Waals surface area contributed by atoms with E-state index in [1.807, 2.05) is 0 Å². The van der Waals surface area contributed by atoms with Gasteiger partial charge in [0.15, 0.2) is 6.29 Å². The zero-order chi connectivity index (χ0) is 14.7. The van der Waals surface area contributed by atoms with Crippen molar-refractivity contribution in [3.63, 3.8) is 0 Å². The smallest absolute Gasteiger partial charge is 0.335 e. The SMILES string of the molecule is O=c1cccc(CO[C@@H]2O[C@H](CO)[C@@H](O)[C@H](O)[C@H]2O)o1. The van der Waals surface area contributed by atoms with Gasteiger partial charge in [-0.05, 0) is 6.07 Å². The molecule has 0 saturated carbocycles. The molecule has 2 rings (SSSR count). The Bertz CT molecular complexity index is 484. The summed E-state index contributed by atoms with van der Waals surface area (Å²) in [6.07, 6.45) is -6.72. The number of hydrogen-bond acceptors (Lipinski definition) is 8. The van der Waals surface area contributed by atoms with Gasteiger partial charge in [0, 0.05) is 6.07 Å². The average Bonchev–Trinajstić information content (AvgIpc) is 2.44. The van der Waals surface area contributed by atoms with E-state index in [1.54, 1.807) is 0 Å². The molecule has 8 nitrogen and oxygen atoms in total. The van der Waals surface area contributed by atoms with E-state index in [-0.39, 0.29) is 12.4 Å². The molecule has 20 heavy (non-hydrogen) atoms. The Balaban J connectivity index is 1.99. The summed E-state index contributed by atoms with van der Waals surface area (Å²) in [7, 11) is 0. The highest BCUT2D eigenvalue weighted by Crippen LogP contribution is 2.22. The van der Waals surface area contributed by atoms with E-state index < -0.39 is 42.9 Å². The molecule has 1 aromatic heterocycles. The minimum Gasteiger partial charge on any atom is -0.425 e. The van der Waals surface area contributed by atoms with Gasteiger partial charge < -0.3 is 34.3 Å². The fraction of sp³-hybridized carbons (Fsp3) is 0.583. The van der Waals surface area contributed by atoms with Crippen molar-refractivity contribution in [3.05, 3.63) is 34.4 Å². The largest absolute Gasteiger partial charge is 0.425 e. The van der Waals surface area contributed by atoms with Crippen LogP contribution >= 0.6 is 0 Å². The highest BCUT2D eigenvalue weighted by Gasteiger charge is 2.44. The van der Waals surface area contributed by atoms with Crippen molar-refractivity contribution in [2.24, 2.45) is 0 Å². The topological polar surface area (TPSA) is 130 Å². The van der Waals surface area contributed by atoms with Crippen LogP contribution in [-0.4, -0.2) is 57.7 Å². The van der Waals surface area contributed by atoms with Crippen molar-refractivity contribution in [1.29, 1.82) is 0 Å². The molecule has 1 aromatic rings. The normalized spacial score (nSPS) is 34.1. The van der Waals surface area contributed by atoms with Gasteiger partial charge in [-0.25, -0.2) is 4.79 Å². The van der Waals surface area contributed by atoms with Crippen LogP contribution in [0.4, 0.5) is 0 Å². The maximum atomic E-state index is 11.0. The first-order valence-corrected chi connectivity index (χ1v) is 6.04. The van der Waals surface area contributed by atoms with Crippen LogP contribution in [0, 0.1) is 0 Å². The van der Waals surface area contributed by atoms with Crippen LogP contribution < -0.4 is 5.63 Å². The van der Waals surface area contributed by atoms with Gasteiger partial charge in [-0.15, -0.1) is 0 Å². The van der Waals surface area contributed by atoms with Gasteiger partial charge >= 0.3 is 5.63 Å². The molecular weight excluding hydrogens is 272 g/mol. The lowest BCUT2D eigenvalue weighted by molar-refractivity contribution is -0.304. The zero-order valence-corrected chi connectivity index (χ0v) is 10.5. The summed E-state index contributed by atoms with van der Waals surface area (Å²) in [6.45, 7) is -0.704. The van der Waals surface area contributed by atoms with E-state index in [0.29, 0.717) is 0 Å². The van der Waals surface area contributed by atoms with Crippen molar-refractivity contribution >= 4 is 0 Å². The number of hydrogen-bond donors (Lipinski definition) is 4. The van der Waals surface area contributed by atoms with Crippen molar-refractivity contribution in [1.82, 2.24) is 0 Å². The Morgan fingerprint density at radius 2 is 1.90 bits per heavy atom. The molecule has 8 heteroatoms. The zero-order valence-electron chi connectivity index (χ0n) is 10.5. The number of ether oxygens (including phenoxy) is 2. The Hall–Kier alpha value is -1.29. The molecule has 2 heterocycles. The second-order valence-electron chi connectivity index (χ2n) is 4.42. The van der Waals surface area contributed by atoms with Crippen LogP contribution in [-0.2, 0) is 16.1 Å². The fourth-order valence-corrected chi connectivity index (χ4v) is 1.88. The molecule has 5 atom stereocenters. The highest BCUT2D eigenvalue weighted by molar-refractivity contribution is 4.98. The molecule has 1 aliphatic rings. The molecule has 0 amide bonds. The lowest BCUT2D eigenvalue weighted by atomic mass is 9.99. The summed E-state index contributed by atoms with van der Waals surface area (Å²) in [5.74, 6) is 0.217. The van der Waals surface area contributed by atoms with Crippen LogP contribution in [0.2, 0.25) is 0 Å². The van der Waals surface area contributed by atoms with Gasteiger partial charge in [0.05, 0.1) is 6.61 Å². The van der Waals surface area contributed by atoms with Crippen molar-refractivity contribution in [2.45, 2.75) is 37.3 Å². The number of aliphatic hydroxyl groups is 4. The van der Waals surface area contributed by atoms with Crippen molar-refractivity contribution in [3.8, 4) is 0 Å². The Labute approximate surface area is 113 Å². The number of rotatable bonds is 4. The highest BCUT2D eigenvalue weighted by atomic mass is 16.7. The van der Waals surface area contributed by atoms with E-state index in [9.17, 15) is 20.1 Å². The van der Waals surface area contributed by atoms with Crippen LogP contribution in [0.15, 0.2) is 27.4 Å². The first kappa shape index (κ1) is 15.1. The molecule has 0 unspecified atom stereocenters. The molecule has 112 valence electrons. The minimum atomic E-state index is -1.51. The summed E-state index contributed by atoms with van der Waals surface area (Å²) < 4.78 is 15.2. The average molecular weight is 288 g/mol. The van der Waals surface area contributed by atoms with E-state index >= 15 is 0 Å². The van der Waals surface area contributed by atoms with Crippen LogP contribution in [0.1, 0.15) is 5.76 Å². The fourth-order valence-electron chi connectivity index (χ4n) is 1.88. The van der Waals surface area contributed by atoms with Crippen molar-refractivity contribution < 1.29 is 34.3 Å². The van der Waals surface area contributed by atoms with E-state index in [0.717, 1.165) is 0 Å². The second kappa shape index (κ2) is 6.44. The van der Waals surface area contributed by atoms with Crippen LogP contribution in [0.25, 0.3) is 0 Å². The maximum absolute atomic E-state index is 11.0. The number of aliphatic hydroxyl groups excluding tert-OH is 4. The van der Waals surface area contributed by atoms with Crippen molar-refractivity contribution in [2.75, 3.05) is 6.61 Å². The van der Waals surface area contributed by atoms with Gasteiger partial charge in [-0.2, -0.15) is 0 Å². The summed E-state index contributed by atoms with van der Waals surface area (Å²) in [5.41, 5.74) is -0.542. The summed E-state index contributed by atoms with van der Waals surface area (Å²) >= 11 is 0. The third-order valence-corrected chi connectivity index (χ3v) is 2.98. The first-order chi connectivity index (χ1) is 9.52. The molecule has 4 N–H and O–H groups in total. The monoisotopic (exact) mass is 288 g/mol. The molecular formula is C12H16O8.